The molecule has 34 heavy (non-hydrogen) atoms. The number of rotatable bonds is 6. The van der Waals surface area contributed by atoms with Crippen molar-refractivity contribution in [3.63, 3.8) is 0 Å². The lowest BCUT2D eigenvalue weighted by atomic mass is 10.2. The number of carbonyl (C=O) groups excluding carboxylic acids is 2. The van der Waals surface area contributed by atoms with Crippen LogP contribution in [0, 0.1) is 0 Å². The number of halogens is 3. The van der Waals surface area contributed by atoms with Gasteiger partial charge < -0.3 is 4.74 Å². The van der Waals surface area contributed by atoms with Crippen molar-refractivity contribution in [3.05, 3.63) is 83.6 Å². The molecule has 0 saturated carbocycles. The lowest BCUT2D eigenvalue weighted by molar-refractivity contribution is -0.137. The van der Waals surface area contributed by atoms with Crippen molar-refractivity contribution in [2.24, 2.45) is 0 Å². The molecule has 2 amide bonds. The second-order valence-corrected chi connectivity index (χ2v) is 8.39. The summed E-state index contributed by atoms with van der Waals surface area (Å²) in [4.78, 5) is 28.0. The van der Waals surface area contributed by atoms with Gasteiger partial charge in [-0.2, -0.15) is 13.2 Å². The smallest absolute Gasteiger partial charge is 0.416 e. The van der Waals surface area contributed by atoms with Crippen molar-refractivity contribution in [2.75, 3.05) is 11.8 Å². The monoisotopic (exact) mass is 494 g/mol. The number of aromatic nitrogens is 1. The minimum atomic E-state index is -4.65. The first kappa shape index (κ1) is 24.5. The first-order valence-corrected chi connectivity index (χ1v) is 10.9. The van der Waals surface area contributed by atoms with E-state index in [4.69, 9.17) is 4.74 Å². The minimum absolute atomic E-state index is 0.125. The number of hydrogen-bond donors (Lipinski definition) is 3. The van der Waals surface area contributed by atoms with Gasteiger partial charge in [0, 0.05) is 23.5 Å². The third-order valence-electron chi connectivity index (χ3n) is 4.35. The Morgan fingerprint density at radius 3 is 2.21 bits per heavy atom. The van der Waals surface area contributed by atoms with Gasteiger partial charge in [0.1, 0.15) is 0 Å². The number of alkyl halides is 3. The highest BCUT2D eigenvalue weighted by Crippen LogP contribution is 2.31. The summed E-state index contributed by atoms with van der Waals surface area (Å²) < 4.78 is 70.8. The van der Waals surface area contributed by atoms with Crippen LogP contribution in [0.4, 0.5) is 18.9 Å². The van der Waals surface area contributed by atoms with Crippen LogP contribution in [0.5, 0.6) is 5.88 Å². The van der Waals surface area contributed by atoms with Gasteiger partial charge in [0.05, 0.1) is 23.1 Å². The Balaban J connectivity index is 1.70. The molecule has 3 rings (SSSR count). The molecule has 0 aliphatic rings. The second-order valence-electron chi connectivity index (χ2n) is 6.71. The van der Waals surface area contributed by atoms with E-state index in [2.05, 4.69) is 15.8 Å². The molecule has 9 nitrogen and oxygen atoms in total. The molecule has 0 unspecified atom stereocenters. The molecule has 13 heteroatoms. The highest BCUT2D eigenvalue weighted by Gasteiger charge is 2.30. The molecule has 0 aliphatic heterocycles. The Kier molecular flexibility index (Phi) is 7.05. The van der Waals surface area contributed by atoms with Crippen molar-refractivity contribution in [3.8, 4) is 5.88 Å². The van der Waals surface area contributed by atoms with Crippen molar-refractivity contribution in [1.29, 1.82) is 0 Å². The Bertz CT molecular complexity index is 1310. The fourth-order valence-corrected chi connectivity index (χ4v) is 3.77. The fraction of sp³-hybridized carbons (Fsp3) is 0.0952. The first-order chi connectivity index (χ1) is 16.0. The van der Waals surface area contributed by atoms with Crippen LogP contribution < -0.4 is 20.3 Å². The van der Waals surface area contributed by atoms with E-state index in [1.807, 2.05) is 4.72 Å². The fourth-order valence-electron chi connectivity index (χ4n) is 2.67. The number of methoxy groups -OCH3 is 1. The van der Waals surface area contributed by atoms with Gasteiger partial charge in [-0.3, -0.25) is 25.2 Å². The highest BCUT2D eigenvalue weighted by molar-refractivity contribution is 7.92. The zero-order valence-corrected chi connectivity index (χ0v) is 18.2. The van der Waals surface area contributed by atoms with Crippen molar-refractivity contribution < 1.29 is 35.9 Å². The third-order valence-corrected chi connectivity index (χ3v) is 5.72. The van der Waals surface area contributed by atoms with Gasteiger partial charge in [-0.25, -0.2) is 13.4 Å². The summed E-state index contributed by atoms with van der Waals surface area (Å²) in [7, 11) is -2.91. The molecule has 0 fully saturated rings. The molecule has 3 N–H and O–H groups in total. The average Bonchev–Trinajstić information content (AvgIpc) is 2.82. The summed E-state index contributed by atoms with van der Waals surface area (Å²) >= 11 is 0. The molecule has 0 aliphatic carbocycles. The minimum Gasteiger partial charge on any atom is -0.481 e. The van der Waals surface area contributed by atoms with Gasteiger partial charge >= 0.3 is 6.18 Å². The molecular formula is C21H17F3N4O5S. The zero-order valence-electron chi connectivity index (χ0n) is 17.4. The number of hydrogen-bond acceptors (Lipinski definition) is 6. The number of carbonyl (C=O) groups is 2. The van der Waals surface area contributed by atoms with Gasteiger partial charge in [0.25, 0.3) is 21.8 Å². The number of ether oxygens (including phenoxy) is 1. The topological polar surface area (TPSA) is 126 Å². The molecule has 178 valence electrons. The SMILES string of the molecule is COc1ccc(C(=O)NNC(=O)c2cccc(S(=O)(=O)Nc3cccc(C(F)(F)F)c3)c2)cn1. The van der Waals surface area contributed by atoms with Gasteiger partial charge in [-0.05, 0) is 42.5 Å². The number of benzene rings is 2. The van der Waals surface area contributed by atoms with E-state index in [1.165, 1.54) is 37.6 Å². The molecule has 1 aromatic heterocycles. The average molecular weight is 494 g/mol. The summed E-state index contributed by atoms with van der Waals surface area (Å²) in [5, 5.41) is 0. The molecule has 0 atom stereocenters. The Morgan fingerprint density at radius 2 is 1.59 bits per heavy atom. The number of sulfonamides is 1. The van der Waals surface area contributed by atoms with Crippen molar-refractivity contribution in [1.82, 2.24) is 15.8 Å². The summed E-state index contributed by atoms with van der Waals surface area (Å²) in [5.74, 6) is -1.22. The number of amides is 2. The molecule has 0 spiro atoms. The molecular weight excluding hydrogens is 477 g/mol. The summed E-state index contributed by atoms with van der Waals surface area (Å²) in [6.45, 7) is 0. The van der Waals surface area contributed by atoms with Crippen LogP contribution in [0.15, 0.2) is 71.8 Å². The van der Waals surface area contributed by atoms with Crippen LogP contribution in [0.1, 0.15) is 26.3 Å². The largest absolute Gasteiger partial charge is 0.481 e. The van der Waals surface area contributed by atoms with E-state index in [0.29, 0.717) is 6.07 Å². The third kappa shape index (κ3) is 6.01. The normalized spacial score (nSPS) is 11.4. The van der Waals surface area contributed by atoms with Gasteiger partial charge in [-0.15, -0.1) is 0 Å². The van der Waals surface area contributed by atoms with Crippen LogP contribution in [0.25, 0.3) is 0 Å². The molecule has 0 bridgehead atoms. The Morgan fingerprint density at radius 1 is 0.912 bits per heavy atom. The standard InChI is InChI=1S/C21H17F3N4O5S/c1-33-18-9-8-14(12-25-18)20(30)27-26-19(29)13-4-2-7-17(10-13)34(31,32)28-16-6-3-5-15(11-16)21(22,23)24/h2-12,28H,1H3,(H,26,29)(H,27,30). The number of pyridine rings is 1. The lowest BCUT2D eigenvalue weighted by Gasteiger charge is -2.12. The van der Waals surface area contributed by atoms with E-state index in [0.717, 1.165) is 30.3 Å². The predicted octanol–water partition coefficient (Wildman–Crippen LogP) is 2.98. The molecule has 3 aromatic rings. The van der Waals surface area contributed by atoms with E-state index in [9.17, 15) is 31.2 Å². The van der Waals surface area contributed by atoms with Gasteiger partial charge in [0.15, 0.2) is 0 Å². The maximum atomic E-state index is 12.9. The molecule has 0 saturated heterocycles. The number of anilines is 1. The molecule has 1 heterocycles. The van der Waals surface area contributed by atoms with Crippen LogP contribution in [0.2, 0.25) is 0 Å². The van der Waals surface area contributed by atoms with Gasteiger partial charge in [0.2, 0.25) is 5.88 Å². The van der Waals surface area contributed by atoms with Gasteiger partial charge in [-0.1, -0.05) is 12.1 Å². The van der Waals surface area contributed by atoms with Crippen LogP contribution in [-0.2, 0) is 16.2 Å². The van der Waals surface area contributed by atoms with Crippen LogP contribution in [-0.4, -0.2) is 32.3 Å². The molecule has 2 aromatic carbocycles. The lowest BCUT2D eigenvalue weighted by Crippen LogP contribution is -2.41. The maximum Gasteiger partial charge on any atom is 0.416 e. The quantitative estimate of drug-likeness (QED) is 0.453. The van der Waals surface area contributed by atoms with Crippen molar-refractivity contribution in [2.45, 2.75) is 11.1 Å². The van der Waals surface area contributed by atoms with E-state index in [1.54, 1.807) is 0 Å². The van der Waals surface area contributed by atoms with Crippen LogP contribution in [0.3, 0.4) is 0 Å². The summed E-state index contributed by atoms with van der Waals surface area (Å²) in [6.07, 6.45) is -3.42. The van der Waals surface area contributed by atoms with E-state index in [-0.39, 0.29) is 27.6 Å². The second kappa shape index (κ2) is 9.79. The number of nitrogens with zero attached hydrogens (tertiary/aromatic N) is 1. The Labute approximate surface area is 192 Å². The zero-order chi connectivity index (χ0) is 24.9. The number of nitrogens with one attached hydrogen (secondary N) is 3. The first-order valence-electron chi connectivity index (χ1n) is 9.40. The molecule has 0 radical (unpaired) electrons. The summed E-state index contributed by atoms with van der Waals surface area (Å²) in [6, 6.07) is 11.3. The van der Waals surface area contributed by atoms with E-state index < -0.39 is 33.6 Å². The van der Waals surface area contributed by atoms with Crippen LogP contribution >= 0.6 is 0 Å². The van der Waals surface area contributed by atoms with Crippen molar-refractivity contribution >= 4 is 27.5 Å². The maximum absolute atomic E-state index is 12.9. The van der Waals surface area contributed by atoms with E-state index >= 15 is 0 Å². The number of hydrazine groups is 1. The summed E-state index contributed by atoms with van der Waals surface area (Å²) in [5.41, 5.74) is 2.98. The highest BCUT2D eigenvalue weighted by atomic mass is 32.2. The predicted molar refractivity (Wildman–Crippen MR) is 114 cm³/mol. The Hall–Kier alpha value is -4.13.